The molecule has 5 saturated carbocycles. The van der Waals surface area contributed by atoms with Crippen LogP contribution in [0.15, 0.2) is 0 Å². The van der Waals surface area contributed by atoms with Gasteiger partial charge in [0.25, 0.3) is 0 Å². The van der Waals surface area contributed by atoms with Gasteiger partial charge in [-0.25, -0.2) is 0 Å². The summed E-state index contributed by atoms with van der Waals surface area (Å²) in [5.74, 6) is 0.717. The van der Waals surface area contributed by atoms with E-state index in [4.69, 9.17) is 18.9 Å². The Morgan fingerprint density at radius 3 is 2.26 bits per heavy atom. The van der Waals surface area contributed by atoms with Crippen LogP contribution in [0.1, 0.15) is 107 Å². The lowest BCUT2D eigenvalue weighted by atomic mass is 9.41. The Kier molecular flexibility index (Phi) is 7.97. The van der Waals surface area contributed by atoms with E-state index in [0.717, 1.165) is 38.5 Å². The van der Waals surface area contributed by atoms with Gasteiger partial charge in [0.2, 0.25) is 0 Å². The van der Waals surface area contributed by atoms with E-state index >= 15 is 0 Å². The Balaban J connectivity index is 1.14. The number of aliphatic hydroxyl groups is 5. The lowest BCUT2D eigenvalue weighted by Crippen LogP contribution is -2.61. The molecular weight excluding hydrogens is 604 g/mol. The van der Waals surface area contributed by atoms with Crippen LogP contribution in [0.4, 0.5) is 0 Å². The highest BCUT2D eigenvalue weighted by atomic mass is 16.7. The summed E-state index contributed by atoms with van der Waals surface area (Å²) in [4.78, 5) is 12.1. The van der Waals surface area contributed by atoms with Gasteiger partial charge in [-0.05, 0) is 111 Å². The Morgan fingerprint density at radius 1 is 0.936 bits per heavy atom. The summed E-state index contributed by atoms with van der Waals surface area (Å²) in [5.41, 5.74) is -1.61. The molecule has 2 aliphatic heterocycles. The number of fused-ring (bicyclic) bond motifs is 4. The average molecular weight is 665 g/mol. The fourth-order valence-electron chi connectivity index (χ4n) is 13.7. The lowest BCUT2D eigenvalue weighted by molar-refractivity contribution is -0.303. The van der Waals surface area contributed by atoms with Crippen LogP contribution in [-0.4, -0.2) is 98.8 Å². The van der Waals surface area contributed by atoms with E-state index in [1.807, 2.05) is 0 Å². The van der Waals surface area contributed by atoms with E-state index in [9.17, 15) is 30.3 Å². The molecular formula is C37H60O10. The molecule has 0 aromatic heterocycles. The number of carbonyl (C=O) groups is 1. The molecule has 10 nitrogen and oxygen atoms in total. The van der Waals surface area contributed by atoms with E-state index in [1.165, 1.54) is 13.3 Å². The standard InChI is InChI=1S/C37H60O10/c1-18-15-21(30(33(5,6)43)45-19(2)38)46-28-25(18)34(7)13-14-37-17-36(37)12-11-24(47-31-27(41)26(40)20(39)16-44-31)32(3,4)22(36)9-10-23(37)35(34,8)29(28)42/h18,20-31,39-43H,9-17H2,1-8H3. The highest BCUT2D eigenvalue weighted by Gasteiger charge is 2.84. The average Bonchev–Trinajstić information content (AvgIpc) is 3.61. The predicted octanol–water partition coefficient (Wildman–Crippen LogP) is 3.33. The first-order chi connectivity index (χ1) is 21.8. The van der Waals surface area contributed by atoms with Gasteiger partial charge in [-0.15, -0.1) is 0 Å². The fraction of sp³-hybridized carbons (Fsp3) is 0.973. The third-order valence-corrected chi connectivity index (χ3v) is 15.8. The number of esters is 1. The molecule has 268 valence electrons. The molecule has 10 heteroatoms. The van der Waals surface area contributed by atoms with Gasteiger partial charge in [-0.3, -0.25) is 4.79 Å². The maximum absolute atomic E-state index is 12.5. The number of rotatable bonds is 5. The monoisotopic (exact) mass is 664 g/mol. The van der Waals surface area contributed by atoms with E-state index in [1.54, 1.807) is 13.8 Å². The Morgan fingerprint density at radius 2 is 1.60 bits per heavy atom. The Bertz CT molecular complexity index is 1250. The summed E-state index contributed by atoms with van der Waals surface area (Å²) in [6.45, 7) is 16.2. The van der Waals surface area contributed by atoms with Gasteiger partial charge in [0.15, 0.2) is 12.4 Å². The second-order valence-corrected chi connectivity index (χ2v) is 18.6. The molecule has 47 heavy (non-hydrogen) atoms. The first kappa shape index (κ1) is 34.6. The minimum absolute atomic E-state index is 0.0683. The van der Waals surface area contributed by atoms with Crippen molar-refractivity contribution in [2.45, 2.75) is 167 Å². The molecule has 0 aromatic rings. The molecule has 7 aliphatic rings. The summed E-state index contributed by atoms with van der Waals surface area (Å²) in [7, 11) is 0. The Labute approximate surface area is 279 Å². The molecule has 0 amide bonds. The van der Waals surface area contributed by atoms with E-state index < -0.39 is 60.6 Å². The van der Waals surface area contributed by atoms with Crippen LogP contribution in [0.2, 0.25) is 0 Å². The zero-order chi connectivity index (χ0) is 34.3. The zero-order valence-electron chi connectivity index (χ0n) is 29.6. The van der Waals surface area contributed by atoms with E-state index in [-0.39, 0.29) is 51.6 Å². The summed E-state index contributed by atoms with van der Waals surface area (Å²) in [6.07, 6.45) is 0.712. The van der Waals surface area contributed by atoms with E-state index in [0.29, 0.717) is 18.3 Å². The minimum atomic E-state index is -1.30. The minimum Gasteiger partial charge on any atom is -0.457 e. The predicted molar refractivity (Wildman–Crippen MR) is 171 cm³/mol. The van der Waals surface area contributed by atoms with Crippen LogP contribution in [0.25, 0.3) is 0 Å². The van der Waals surface area contributed by atoms with Gasteiger partial charge in [0, 0.05) is 12.3 Å². The molecule has 2 heterocycles. The van der Waals surface area contributed by atoms with Crippen molar-refractivity contribution in [3.63, 3.8) is 0 Å². The molecule has 7 rings (SSSR count). The summed E-state index contributed by atoms with van der Waals surface area (Å²) < 4.78 is 24.6. The van der Waals surface area contributed by atoms with Crippen LogP contribution in [0.3, 0.4) is 0 Å². The van der Waals surface area contributed by atoms with Crippen molar-refractivity contribution in [2.75, 3.05) is 6.61 Å². The quantitative estimate of drug-likeness (QED) is 0.218. The summed E-state index contributed by atoms with van der Waals surface area (Å²) in [5, 5.41) is 54.3. The number of hydrogen-bond donors (Lipinski definition) is 5. The third-order valence-electron chi connectivity index (χ3n) is 15.8. The zero-order valence-corrected chi connectivity index (χ0v) is 29.6. The maximum Gasteiger partial charge on any atom is 0.303 e. The van der Waals surface area contributed by atoms with Gasteiger partial charge in [-0.1, -0.05) is 34.6 Å². The maximum atomic E-state index is 12.5. The van der Waals surface area contributed by atoms with Crippen LogP contribution < -0.4 is 0 Å². The number of carbonyl (C=O) groups excluding carboxylic acids is 1. The first-order valence-electron chi connectivity index (χ1n) is 18.3. The molecule has 0 radical (unpaired) electrons. The molecule has 7 fully saturated rings. The lowest BCUT2D eigenvalue weighted by Gasteiger charge is -2.64. The molecule has 17 unspecified atom stereocenters. The van der Waals surface area contributed by atoms with Crippen molar-refractivity contribution in [1.82, 2.24) is 0 Å². The number of ether oxygens (including phenoxy) is 4. The van der Waals surface area contributed by atoms with Gasteiger partial charge < -0.3 is 44.5 Å². The van der Waals surface area contributed by atoms with Crippen molar-refractivity contribution in [2.24, 2.45) is 50.7 Å². The topological polar surface area (TPSA) is 155 Å². The Hall–Kier alpha value is -0.850. The van der Waals surface area contributed by atoms with Gasteiger partial charge in [0.05, 0.1) is 36.6 Å². The molecule has 2 spiro atoms. The van der Waals surface area contributed by atoms with Crippen molar-refractivity contribution in [3.8, 4) is 0 Å². The fourth-order valence-corrected chi connectivity index (χ4v) is 13.7. The largest absolute Gasteiger partial charge is 0.457 e. The summed E-state index contributed by atoms with van der Waals surface area (Å²) >= 11 is 0. The van der Waals surface area contributed by atoms with E-state index in [2.05, 4.69) is 34.6 Å². The molecule has 2 saturated heterocycles. The SMILES string of the molecule is CC(=O)OC(C1CC(C)C2C(O1)C(O)C1(C)C3CCC4C(C)(C)C(OC5OCC(O)C(O)C5O)CCC45CC35CCC21C)C(C)(C)O. The van der Waals surface area contributed by atoms with Gasteiger partial charge in [0.1, 0.15) is 18.3 Å². The number of aliphatic hydroxyl groups excluding tert-OH is 4. The second-order valence-electron chi connectivity index (χ2n) is 18.6. The first-order valence-corrected chi connectivity index (χ1v) is 18.3. The van der Waals surface area contributed by atoms with Gasteiger partial charge in [-0.2, -0.15) is 0 Å². The number of hydrogen-bond acceptors (Lipinski definition) is 10. The molecule has 5 aliphatic carbocycles. The third kappa shape index (κ3) is 4.54. The highest BCUT2D eigenvalue weighted by molar-refractivity contribution is 5.66. The van der Waals surface area contributed by atoms with Crippen LogP contribution >= 0.6 is 0 Å². The molecule has 0 aromatic carbocycles. The second kappa shape index (κ2) is 10.8. The van der Waals surface area contributed by atoms with Crippen molar-refractivity contribution in [3.05, 3.63) is 0 Å². The highest BCUT2D eigenvalue weighted by Crippen LogP contribution is 2.89. The van der Waals surface area contributed by atoms with Crippen LogP contribution in [0.5, 0.6) is 0 Å². The molecule has 0 bridgehead atoms. The smallest absolute Gasteiger partial charge is 0.303 e. The molecule has 5 N–H and O–H groups in total. The van der Waals surface area contributed by atoms with Crippen molar-refractivity contribution >= 4 is 5.97 Å². The van der Waals surface area contributed by atoms with Crippen molar-refractivity contribution in [1.29, 1.82) is 0 Å². The summed E-state index contributed by atoms with van der Waals surface area (Å²) in [6, 6.07) is 0. The molecule has 17 atom stereocenters. The van der Waals surface area contributed by atoms with Crippen LogP contribution in [-0.2, 0) is 23.7 Å². The normalized spacial score (nSPS) is 55.4. The van der Waals surface area contributed by atoms with Crippen LogP contribution in [0, 0.1) is 50.7 Å². The van der Waals surface area contributed by atoms with Crippen molar-refractivity contribution < 1.29 is 49.3 Å². The van der Waals surface area contributed by atoms with Gasteiger partial charge >= 0.3 is 5.97 Å².